The fourth-order valence-electron chi connectivity index (χ4n) is 1.59. The second kappa shape index (κ2) is 5.44. The van der Waals surface area contributed by atoms with E-state index in [0.717, 1.165) is 21.1 Å². The standard InChI is InChI=1S/C13H17BrN2S/c1-8(2)12-7-17-13(16-12)15-10-5-4-9(3)11(14)6-10/h4-6,8,12H,7H2,1-3H3,(H,15,16). The van der Waals surface area contributed by atoms with Crippen molar-refractivity contribution >= 4 is 38.5 Å². The van der Waals surface area contributed by atoms with Crippen molar-refractivity contribution in [3.05, 3.63) is 28.2 Å². The zero-order valence-electron chi connectivity index (χ0n) is 10.3. The summed E-state index contributed by atoms with van der Waals surface area (Å²) in [6.07, 6.45) is 0. The van der Waals surface area contributed by atoms with Crippen molar-refractivity contribution in [2.75, 3.05) is 11.1 Å². The van der Waals surface area contributed by atoms with Crippen LogP contribution in [0.5, 0.6) is 0 Å². The van der Waals surface area contributed by atoms with Crippen LogP contribution in [0.2, 0.25) is 0 Å². The summed E-state index contributed by atoms with van der Waals surface area (Å²) < 4.78 is 1.13. The van der Waals surface area contributed by atoms with Gasteiger partial charge in [-0.15, -0.1) is 0 Å². The molecule has 0 aromatic heterocycles. The van der Waals surface area contributed by atoms with Gasteiger partial charge in [0.2, 0.25) is 0 Å². The maximum absolute atomic E-state index is 4.69. The van der Waals surface area contributed by atoms with Crippen molar-refractivity contribution in [2.24, 2.45) is 10.9 Å². The van der Waals surface area contributed by atoms with Crippen LogP contribution in [0, 0.1) is 12.8 Å². The average Bonchev–Trinajstić information content (AvgIpc) is 2.72. The fraction of sp³-hybridized carbons (Fsp3) is 0.462. The molecule has 0 saturated carbocycles. The molecule has 1 unspecified atom stereocenters. The lowest BCUT2D eigenvalue weighted by Gasteiger charge is -2.08. The molecule has 1 aromatic carbocycles. The molecular formula is C13H17BrN2S. The van der Waals surface area contributed by atoms with Gasteiger partial charge in [-0.25, -0.2) is 0 Å². The molecule has 0 amide bonds. The molecule has 4 heteroatoms. The number of aryl methyl sites for hydroxylation is 1. The molecule has 0 saturated heterocycles. The van der Waals surface area contributed by atoms with Gasteiger partial charge in [0, 0.05) is 15.9 Å². The lowest BCUT2D eigenvalue weighted by atomic mass is 10.1. The molecule has 0 spiro atoms. The first-order valence-corrected chi connectivity index (χ1v) is 7.58. The van der Waals surface area contributed by atoms with Crippen LogP contribution in [-0.4, -0.2) is 17.0 Å². The number of halogens is 1. The first-order chi connectivity index (χ1) is 8.06. The maximum atomic E-state index is 4.69. The van der Waals surface area contributed by atoms with Gasteiger partial charge in [0.1, 0.15) is 0 Å². The lowest BCUT2D eigenvalue weighted by Crippen LogP contribution is -2.12. The summed E-state index contributed by atoms with van der Waals surface area (Å²) in [5, 5.41) is 4.42. The van der Waals surface area contributed by atoms with Gasteiger partial charge >= 0.3 is 0 Å². The average molecular weight is 313 g/mol. The summed E-state index contributed by atoms with van der Waals surface area (Å²) in [6, 6.07) is 6.75. The molecular weight excluding hydrogens is 296 g/mol. The summed E-state index contributed by atoms with van der Waals surface area (Å²) in [6.45, 7) is 6.53. The van der Waals surface area contributed by atoms with Gasteiger partial charge in [-0.3, -0.25) is 4.99 Å². The molecule has 1 aliphatic heterocycles. The topological polar surface area (TPSA) is 24.4 Å². The van der Waals surface area contributed by atoms with Gasteiger partial charge in [-0.1, -0.05) is 47.6 Å². The van der Waals surface area contributed by atoms with E-state index in [1.807, 2.05) is 11.8 Å². The molecule has 92 valence electrons. The predicted octanol–water partition coefficient (Wildman–Crippen LogP) is 4.30. The van der Waals surface area contributed by atoms with Gasteiger partial charge in [-0.05, 0) is 30.5 Å². The van der Waals surface area contributed by atoms with Gasteiger partial charge in [0.15, 0.2) is 5.17 Å². The van der Waals surface area contributed by atoms with Crippen molar-refractivity contribution in [1.82, 2.24) is 0 Å². The van der Waals surface area contributed by atoms with E-state index in [-0.39, 0.29) is 0 Å². The molecule has 0 aliphatic carbocycles. The Balaban J connectivity index is 2.06. The van der Waals surface area contributed by atoms with Crippen molar-refractivity contribution in [3.63, 3.8) is 0 Å². The molecule has 2 rings (SSSR count). The van der Waals surface area contributed by atoms with Crippen LogP contribution in [0.4, 0.5) is 5.69 Å². The number of hydrogen-bond acceptors (Lipinski definition) is 3. The van der Waals surface area contributed by atoms with Crippen LogP contribution in [0.3, 0.4) is 0 Å². The number of amidine groups is 1. The van der Waals surface area contributed by atoms with Crippen LogP contribution in [0.1, 0.15) is 19.4 Å². The number of aliphatic imine (C=N–C) groups is 1. The molecule has 0 radical (unpaired) electrons. The van der Waals surface area contributed by atoms with E-state index < -0.39 is 0 Å². The first kappa shape index (κ1) is 13.0. The number of nitrogens with zero attached hydrogens (tertiary/aromatic N) is 1. The van der Waals surface area contributed by atoms with Gasteiger partial charge in [0.05, 0.1) is 6.04 Å². The van der Waals surface area contributed by atoms with E-state index in [1.54, 1.807) is 0 Å². The molecule has 0 bridgehead atoms. The first-order valence-electron chi connectivity index (χ1n) is 5.80. The number of anilines is 1. The van der Waals surface area contributed by atoms with Crippen molar-refractivity contribution in [3.8, 4) is 0 Å². The monoisotopic (exact) mass is 312 g/mol. The fourth-order valence-corrected chi connectivity index (χ4v) is 3.16. The maximum Gasteiger partial charge on any atom is 0.161 e. The molecule has 1 atom stereocenters. The molecule has 1 heterocycles. The zero-order valence-corrected chi connectivity index (χ0v) is 12.7. The van der Waals surface area contributed by atoms with E-state index in [4.69, 9.17) is 0 Å². The Hall–Kier alpha value is -0.480. The summed E-state index contributed by atoms with van der Waals surface area (Å²) in [5.41, 5.74) is 2.34. The summed E-state index contributed by atoms with van der Waals surface area (Å²) in [5.74, 6) is 1.71. The number of benzene rings is 1. The molecule has 17 heavy (non-hydrogen) atoms. The van der Waals surface area contributed by atoms with Crippen molar-refractivity contribution in [1.29, 1.82) is 0 Å². The van der Waals surface area contributed by atoms with Gasteiger partial charge in [0.25, 0.3) is 0 Å². The van der Waals surface area contributed by atoms with E-state index in [1.165, 1.54) is 5.56 Å². The molecule has 1 N–H and O–H groups in total. The van der Waals surface area contributed by atoms with Crippen LogP contribution in [-0.2, 0) is 0 Å². The molecule has 1 aliphatic rings. The highest BCUT2D eigenvalue weighted by atomic mass is 79.9. The predicted molar refractivity (Wildman–Crippen MR) is 81.0 cm³/mol. The highest BCUT2D eigenvalue weighted by Crippen LogP contribution is 2.26. The summed E-state index contributed by atoms with van der Waals surface area (Å²) >= 11 is 5.35. The minimum absolute atomic E-state index is 0.455. The van der Waals surface area contributed by atoms with Gasteiger partial charge in [-0.2, -0.15) is 0 Å². The number of thioether (sulfide) groups is 1. The number of nitrogens with one attached hydrogen (secondary N) is 1. The molecule has 0 fully saturated rings. The zero-order chi connectivity index (χ0) is 12.4. The van der Waals surface area contributed by atoms with E-state index in [0.29, 0.717) is 12.0 Å². The number of rotatable bonds is 2. The molecule has 2 nitrogen and oxygen atoms in total. The van der Waals surface area contributed by atoms with Crippen LogP contribution >= 0.6 is 27.7 Å². The Morgan fingerprint density at radius 1 is 1.47 bits per heavy atom. The van der Waals surface area contributed by atoms with Crippen molar-refractivity contribution < 1.29 is 0 Å². The molecule has 1 aromatic rings. The minimum atomic E-state index is 0.455. The summed E-state index contributed by atoms with van der Waals surface area (Å²) in [7, 11) is 0. The van der Waals surface area contributed by atoms with Crippen LogP contribution in [0.15, 0.2) is 27.7 Å². The van der Waals surface area contributed by atoms with E-state index >= 15 is 0 Å². The quantitative estimate of drug-likeness (QED) is 0.880. The second-order valence-corrected chi connectivity index (χ2v) is 6.51. The smallest absolute Gasteiger partial charge is 0.161 e. The van der Waals surface area contributed by atoms with Crippen LogP contribution in [0.25, 0.3) is 0 Å². The lowest BCUT2D eigenvalue weighted by molar-refractivity contribution is 0.543. The minimum Gasteiger partial charge on any atom is -0.335 e. The number of hydrogen-bond donors (Lipinski definition) is 1. The Morgan fingerprint density at radius 2 is 2.24 bits per heavy atom. The van der Waals surface area contributed by atoms with Gasteiger partial charge < -0.3 is 5.32 Å². The van der Waals surface area contributed by atoms with E-state index in [9.17, 15) is 0 Å². The highest BCUT2D eigenvalue weighted by Gasteiger charge is 2.21. The second-order valence-electron chi connectivity index (χ2n) is 4.65. The third-order valence-corrected chi connectivity index (χ3v) is 4.71. The third-order valence-electron chi connectivity index (χ3n) is 2.87. The third kappa shape index (κ3) is 3.26. The Labute approximate surface area is 115 Å². The highest BCUT2D eigenvalue weighted by molar-refractivity contribution is 9.10. The van der Waals surface area contributed by atoms with E-state index in [2.05, 4.69) is 65.2 Å². The summed E-state index contributed by atoms with van der Waals surface area (Å²) in [4.78, 5) is 4.69. The SMILES string of the molecule is Cc1ccc(NC2=NC(C(C)C)CS2)cc1Br. The van der Waals surface area contributed by atoms with Crippen LogP contribution < -0.4 is 5.32 Å². The normalized spacial score (nSPS) is 19.6. The largest absolute Gasteiger partial charge is 0.335 e. The Bertz CT molecular complexity index is 443. The van der Waals surface area contributed by atoms with Crippen molar-refractivity contribution in [2.45, 2.75) is 26.8 Å². The Morgan fingerprint density at radius 3 is 2.82 bits per heavy atom. The Kier molecular flexibility index (Phi) is 4.15.